The van der Waals surface area contributed by atoms with Crippen molar-refractivity contribution >= 4 is 11.6 Å². The van der Waals surface area contributed by atoms with Gasteiger partial charge in [-0.2, -0.15) is 0 Å². The van der Waals surface area contributed by atoms with Crippen LogP contribution in [0.5, 0.6) is 5.75 Å². The fraction of sp³-hybridized carbons (Fsp3) is 0.462. The Morgan fingerprint density at radius 1 is 1.44 bits per heavy atom. The molecule has 2 heterocycles. The molecule has 3 nitrogen and oxygen atoms in total. The summed E-state index contributed by atoms with van der Waals surface area (Å²) >= 11 is 0. The molecule has 16 heavy (non-hydrogen) atoms. The van der Waals surface area contributed by atoms with E-state index in [2.05, 4.69) is 13.0 Å². The van der Waals surface area contributed by atoms with Crippen LogP contribution in [0.25, 0.3) is 0 Å². The zero-order valence-electron chi connectivity index (χ0n) is 9.62. The Labute approximate surface area is 95.0 Å². The monoisotopic (exact) mass is 217 g/mol. The molecule has 0 aromatic heterocycles. The van der Waals surface area contributed by atoms with Gasteiger partial charge in [0.15, 0.2) is 0 Å². The Morgan fingerprint density at radius 3 is 3.00 bits per heavy atom. The lowest BCUT2D eigenvalue weighted by Gasteiger charge is -2.30. The molecular formula is C13H15NO2. The molecule has 0 spiro atoms. The maximum absolute atomic E-state index is 11.9. The summed E-state index contributed by atoms with van der Waals surface area (Å²) in [5, 5.41) is 0. The van der Waals surface area contributed by atoms with Gasteiger partial charge in [-0.15, -0.1) is 0 Å². The summed E-state index contributed by atoms with van der Waals surface area (Å²) in [6.45, 7) is 2.94. The number of amides is 1. The first kappa shape index (κ1) is 9.70. The van der Waals surface area contributed by atoms with Crippen LogP contribution in [0, 0.1) is 0 Å². The molecule has 0 N–H and O–H groups in total. The van der Waals surface area contributed by atoms with Crippen molar-refractivity contribution in [2.24, 2.45) is 0 Å². The third-order valence-corrected chi connectivity index (χ3v) is 3.63. The van der Waals surface area contributed by atoms with Crippen molar-refractivity contribution in [3.05, 3.63) is 23.3 Å². The molecule has 0 saturated heterocycles. The van der Waals surface area contributed by atoms with Gasteiger partial charge in [-0.25, -0.2) is 0 Å². The van der Waals surface area contributed by atoms with Crippen LogP contribution in [0.2, 0.25) is 0 Å². The fourth-order valence-electron chi connectivity index (χ4n) is 2.88. The zero-order valence-corrected chi connectivity index (χ0v) is 9.62. The molecule has 1 atom stereocenters. The SMILES string of the molecule is COc1ccc2c3c1C(C)CC(=O)N3CC2. The van der Waals surface area contributed by atoms with Gasteiger partial charge in [-0.1, -0.05) is 13.0 Å². The number of rotatable bonds is 1. The average Bonchev–Trinajstić information content (AvgIpc) is 2.70. The standard InChI is InChI=1S/C13H15NO2/c1-8-7-11(15)14-6-5-9-3-4-10(16-2)12(8)13(9)14/h3-4,8H,5-7H2,1-2H3. The lowest BCUT2D eigenvalue weighted by Crippen LogP contribution is -2.34. The Morgan fingerprint density at radius 2 is 2.25 bits per heavy atom. The molecule has 0 bridgehead atoms. The van der Waals surface area contributed by atoms with E-state index in [1.807, 2.05) is 11.0 Å². The van der Waals surface area contributed by atoms with Crippen LogP contribution in [0.4, 0.5) is 5.69 Å². The maximum Gasteiger partial charge on any atom is 0.227 e. The predicted molar refractivity (Wildman–Crippen MR) is 62.1 cm³/mol. The first-order valence-corrected chi connectivity index (χ1v) is 5.72. The number of anilines is 1. The molecule has 3 heteroatoms. The number of carbonyl (C=O) groups is 1. The van der Waals surface area contributed by atoms with Crippen LogP contribution < -0.4 is 9.64 Å². The molecule has 2 aliphatic heterocycles. The van der Waals surface area contributed by atoms with Crippen LogP contribution in [0.3, 0.4) is 0 Å². The number of hydrogen-bond donors (Lipinski definition) is 0. The van der Waals surface area contributed by atoms with Gasteiger partial charge in [0.05, 0.1) is 12.8 Å². The summed E-state index contributed by atoms with van der Waals surface area (Å²) in [5.41, 5.74) is 3.64. The number of methoxy groups -OCH3 is 1. The van der Waals surface area contributed by atoms with Crippen LogP contribution in [-0.4, -0.2) is 19.6 Å². The number of benzene rings is 1. The summed E-state index contributed by atoms with van der Waals surface area (Å²) in [5.74, 6) is 1.45. The number of nitrogens with zero attached hydrogens (tertiary/aromatic N) is 1. The van der Waals surface area contributed by atoms with E-state index in [1.165, 1.54) is 11.1 Å². The molecule has 1 aromatic rings. The highest BCUT2D eigenvalue weighted by Crippen LogP contribution is 2.46. The normalized spacial score (nSPS) is 22.2. The Kier molecular flexibility index (Phi) is 1.96. The van der Waals surface area contributed by atoms with Gasteiger partial charge >= 0.3 is 0 Å². The fourth-order valence-corrected chi connectivity index (χ4v) is 2.88. The Hall–Kier alpha value is -1.51. The van der Waals surface area contributed by atoms with Gasteiger partial charge < -0.3 is 9.64 Å². The van der Waals surface area contributed by atoms with E-state index >= 15 is 0 Å². The quantitative estimate of drug-likeness (QED) is 0.721. The highest BCUT2D eigenvalue weighted by molar-refractivity contribution is 6.00. The van der Waals surface area contributed by atoms with Crippen LogP contribution >= 0.6 is 0 Å². The third kappa shape index (κ3) is 1.11. The topological polar surface area (TPSA) is 29.5 Å². The van der Waals surface area contributed by atoms with E-state index in [9.17, 15) is 4.79 Å². The molecule has 2 aliphatic rings. The molecule has 0 saturated carbocycles. The van der Waals surface area contributed by atoms with Gasteiger partial charge in [0.25, 0.3) is 0 Å². The summed E-state index contributed by atoms with van der Waals surface area (Å²) in [4.78, 5) is 13.8. The van der Waals surface area contributed by atoms with E-state index in [1.54, 1.807) is 7.11 Å². The minimum atomic E-state index is 0.256. The molecule has 84 valence electrons. The minimum absolute atomic E-state index is 0.256. The third-order valence-electron chi connectivity index (χ3n) is 3.63. The molecular weight excluding hydrogens is 202 g/mol. The van der Waals surface area contributed by atoms with Crippen molar-refractivity contribution in [2.45, 2.75) is 25.7 Å². The summed E-state index contributed by atoms with van der Waals surface area (Å²) in [6, 6.07) is 4.12. The van der Waals surface area contributed by atoms with Crippen molar-refractivity contribution in [3.63, 3.8) is 0 Å². The molecule has 0 fully saturated rings. The molecule has 1 unspecified atom stereocenters. The molecule has 1 aromatic carbocycles. The zero-order chi connectivity index (χ0) is 11.3. The molecule has 0 radical (unpaired) electrons. The minimum Gasteiger partial charge on any atom is -0.496 e. The molecule has 0 aliphatic carbocycles. The second-order valence-electron chi connectivity index (χ2n) is 4.59. The number of hydrogen-bond acceptors (Lipinski definition) is 2. The number of carbonyl (C=O) groups excluding carboxylic acids is 1. The molecule has 1 amide bonds. The lowest BCUT2D eigenvalue weighted by atomic mass is 9.89. The Bertz CT molecular complexity index is 467. The summed E-state index contributed by atoms with van der Waals surface area (Å²) < 4.78 is 5.41. The first-order valence-electron chi connectivity index (χ1n) is 5.72. The van der Waals surface area contributed by atoms with Gasteiger partial charge in [0.2, 0.25) is 5.91 Å². The van der Waals surface area contributed by atoms with Crippen molar-refractivity contribution in [2.75, 3.05) is 18.6 Å². The van der Waals surface area contributed by atoms with Gasteiger partial charge in [0, 0.05) is 18.5 Å². The summed E-state index contributed by atoms with van der Waals surface area (Å²) in [6.07, 6.45) is 1.58. The first-order chi connectivity index (χ1) is 7.72. The van der Waals surface area contributed by atoms with Crippen molar-refractivity contribution < 1.29 is 9.53 Å². The maximum atomic E-state index is 11.9. The largest absolute Gasteiger partial charge is 0.496 e. The van der Waals surface area contributed by atoms with Crippen molar-refractivity contribution in [1.82, 2.24) is 0 Å². The van der Waals surface area contributed by atoms with E-state index in [0.717, 1.165) is 24.4 Å². The van der Waals surface area contributed by atoms with E-state index in [0.29, 0.717) is 6.42 Å². The summed E-state index contributed by atoms with van der Waals surface area (Å²) in [7, 11) is 1.70. The second-order valence-corrected chi connectivity index (χ2v) is 4.59. The van der Waals surface area contributed by atoms with Gasteiger partial charge in [0.1, 0.15) is 5.75 Å². The number of ether oxygens (including phenoxy) is 1. The highest BCUT2D eigenvalue weighted by Gasteiger charge is 2.36. The van der Waals surface area contributed by atoms with Crippen LogP contribution in [0.15, 0.2) is 12.1 Å². The van der Waals surface area contributed by atoms with Crippen molar-refractivity contribution in [3.8, 4) is 5.75 Å². The van der Waals surface area contributed by atoms with Crippen LogP contribution in [0.1, 0.15) is 30.4 Å². The van der Waals surface area contributed by atoms with Crippen LogP contribution in [-0.2, 0) is 11.2 Å². The second kappa shape index (κ2) is 3.24. The smallest absolute Gasteiger partial charge is 0.227 e. The Balaban J connectivity index is 2.26. The highest BCUT2D eigenvalue weighted by atomic mass is 16.5. The lowest BCUT2D eigenvalue weighted by molar-refractivity contribution is -0.119. The van der Waals surface area contributed by atoms with E-state index in [-0.39, 0.29) is 11.8 Å². The van der Waals surface area contributed by atoms with Crippen molar-refractivity contribution in [1.29, 1.82) is 0 Å². The average molecular weight is 217 g/mol. The van der Waals surface area contributed by atoms with Gasteiger partial charge in [-0.3, -0.25) is 4.79 Å². The van der Waals surface area contributed by atoms with E-state index in [4.69, 9.17) is 4.74 Å². The van der Waals surface area contributed by atoms with Gasteiger partial charge in [-0.05, 0) is 24.0 Å². The van der Waals surface area contributed by atoms with E-state index < -0.39 is 0 Å². The predicted octanol–water partition coefficient (Wildman–Crippen LogP) is 2.09. The molecule has 3 rings (SSSR count).